The second-order valence-corrected chi connectivity index (χ2v) is 5.71. The Bertz CT molecular complexity index is 696. The van der Waals surface area contributed by atoms with E-state index in [-0.39, 0.29) is 11.5 Å². The van der Waals surface area contributed by atoms with E-state index < -0.39 is 0 Å². The van der Waals surface area contributed by atoms with Crippen LogP contribution in [0.3, 0.4) is 0 Å². The van der Waals surface area contributed by atoms with Crippen molar-refractivity contribution in [2.45, 2.75) is 25.8 Å². The number of hydrogen-bond donors (Lipinski definition) is 0. The lowest BCUT2D eigenvalue weighted by molar-refractivity contribution is 0.662. The zero-order valence-electron chi connectivity index (χ0n) is 10.5. The van der Waals surface area contributed by atoms with E-state index in [9.17, 15) is 4.79 Å². The fraction of sp³-hybridized carbons (Fsp3) is 0.500. The summed E-state index contributed by atoms with van der Waals surface area (Å²) in [7, 11) is 0. The summed E-state index contributed by atoms with van der Waals surface area (Å²) in [6.45, 7) is 2.54. The predicted molar refractivity (Wildman–Crippen MR) is 72.3 cm³/mol. The first-order valence-corrected chi connectivity index (χ1v) is 7.02. The topological polar surface area (TPSA) is 74.3 Å². The smallest absolute Gasteiger partial charge is 0.275 e. The highest BCUT2D eigenvalue weighted by atomic mass is 32.1. The minimum atomic E-state index is -0.170. The van der Waals surface area contributed by atoms with Crippen molar-refractivity contribution in [2.75, 3.05) is 11.4 Å². The second kappa shape index (κ2) is 4.63. The molecule has 1 saturated carbocycles. The Balaban J connectivity index is 1.98. The monoisotopic (exact) mass is 275 g/mol. The Morgan fingerprint density at radius 2 is 2.47 bits per heavy atom. The van der Waals surface area contributed by atoms with Gasteiger partial charge in [-0.15, -0.1) is 5.10 Å². The summed E-state index contributed by atoms with van der Waals surface area (Å²) in [5, 5.41) is 14.1. The highest BCUT2D eigenvalue weighted by Crippen LogP contribution is 2.34. The summed E-state index contributed by atoms with van der Waals surface area (Å²) >= 11 is 1.40. The van der Waals surface area contributed by atoms with Crippen molar-refractivity contribution in [1.29, 1.82) is 5.26 Å². The first kappa shape index (κ1) is 12.1. The Morgan fingerprint density at radius 3 is 3.11 bits per heavy atom. The normalized spacial score (nSPS) is 16.2. The summed E-state index contributed by atoms with van der Waals surface area (Å²) < 4.78 is 1.33. The van der Waals surface area contributed by atoms with Gasteiger partial charge >= 0.3 is 0 Å². The number of anilines is 1. The molecule has 3 rings (SSSR count). The van der Waals surface area contributed by atoms with Crippen LogP contribution in [-0.2, 0) is 0 Å². The van der Waals surface area contributed by atoms with Gasteiger partial charge in [0.25, 0.3) is 5.56 Å². The van der Waals surface area contributed by atoms with Gasteiger partial charge < -0.3 is 4.90 Å². The van der Waals surface area contributed by atoms with Gasteiger partial charge in [0.05, 0.1) is 12.0 Å². The molecule has 7 heteroatoms. The Morgan fingerprint density at radius 1 is 1.68 bits per heavy atom. The number of fused-ring (bicyclic) bond motifs is 1. The molecule has 2 heterocycles. The number of hydrogen-bond acceptors (Lipinski definition) is 6. The third-order valence-electron chi connectivity index (χ3n) is 3.08. The zero-order chi connectivity index (χ0) is 13.4. The van der Waals surface area contributed by atoms with Crippen LogP contribution in [0.25, 0.3) is 4.96 Å². The highest BCUT2D eigenvalue weighted by Gasteiger charge is 2.32. The molecule has 1 aliphatic rings. The predicted octanol–water partition coefficient (Wildman–Crippen LogP) is 1.28. The molecular formula is C12H13N5OS. The molecule has 0 saturated heterocycles. The van der Waals surface area contributed by atoms with Crippen LogP contribution < -0.4 is 10.5 Å². The van der Waals surface area contributed by atoms with E-state index in [0.717, 1.165) is 18.0 Å². The molecule has 1 unspecified atom stereocenters. The van der Waals surface area contributed by atoms with Gasteiger partial charge in [0, 0.05) is 24.8 Å². The number of nitrogens with zero attached hydrogens (tertiary/aromatic N) is 5. The van der Waals surface area contributed by atoms with Gasteiger partial charge in [-0.2, -0.15) is 9.78 Å². The maximum atomic E-state index is 11.7. The number of nitriles is 1. The van der Waals surface area contributed by atoms with Crippen LogP contribution in [0.5, 0.6) is 0 Å². The van der Waals surface area contributed by atoms with Gasteiger partial charge in [-0.25, -0.2) is 4.98 Å². The summed E-state index contributed by atoms with van der Waals surface area (Å²) in [6, 6.07) is 4.09. The lowest BCUT2D eigenvalue weighted by Crippen LogP contribution is -2.30. The molecule has 2 aromatic rings. The number of aromatic nitrogens is 3. The molecule has 19 heavy (non-hydrogen) atoms. The fourth-order valence-electron chi connectivity index (χ4n) is 1.96. The molecule has 1 atom stereocenters. The van der Waals surface area contributed by atoms with Gasteiger partial charge in [-0.3, -0.25) is 4.79 Å². The molecule has 0 aromatic carbocycles. The van der Waals surface area contributed by atoms with Crippen molar-refractivity contribution in [3.63, 3.8) is 0 Å². The quantitative estimate of drug-likeness (QED) is 0.840. The van der Waals surface area contributed by atoms with E-state index in [1.54, 1.807) is 0 Å². The molecule has 0 bridgehead atoms. The fourth-order valence-corrected chi connectivity index (χ4v) is 2.91. The van der Waals surface area contributed by atoms with E-state index in [0.29, 0.717) is 17.5 Å². The summed E-state index contributed by atoms with van der Waals surface area (Å²) in [6.07, 6.45) is 3.74. The van der Waals surface area contributed by atoms with E-state index in [2.05, 4.69) is 21.1 Å². The van der Waals surface area contributed by atoms with Gasteiger partial charge in [0.2, 0.25) is 10.1 Å². The molecule has 98 valence electrons. The molecule has 0 radical (unpaired) electrons. The Kier molecular flexibility index (Phi) is 2.95. The summed E-state index contributed by atoms with van der Waals surface area (Å²) in [4.78, 5) is 18.6. The number of rotatable bonds is 4. The van der Waals surface area contributed by atoms with Crippen LogP contribution in [0.15, 0.2) is 17.1 Å². The third kappa shape index (κ3) is 2.31. The molecule has 1 fully saturated rings. The first-order valence-electron chi connectivity index (χ1n) is 6.20. The van der Waals surface area contributed by atoms with Crippen molar-refractivity contribution in [1.82, 2.24) is 14.6 Å². The molecule has 2 aromatic heterocycles. The molecule has 6 nitrogen and oxygen atoms in total. The average Bonchev–Trinajstić information content (AvgIpc) is 3.14. The van der Waals surface area contributed by atoms with E-state index in [4.69, 9.17) is 5.26 Å². The minimum Gasteiger partial charge on any atom is -0.342 e. The van der Waals surface area contributed by atoms with Crippen molar-refractivity contribution < 1.29 is 0 Å². The van der Waals surface area contributed by atoms with E-state index in [1.165, 1.54) is 28.1 Å². The summed E-state index contributed by atoms with van der Waals surface area (Å²) in [5.74, 6) is -0.0581. The largest absolute Gasteiger partial charge is 0.342 e. The lowest BCUT2D eigenvalue weighted by atomic mass is 10.2. The van der Waals surface area contributed by atoms with Crippen LogP contribution in [0.4, 0.5) is 5.13 Å². The molecule has 0 amide bonds. The van der Waals surface area contributed by atoms with Crippen LogP contribution in [0.2, 0.25) is 0 Å². The van der Waals surface area contributed by atoms with Crippen molar-refractivity contribution in [3.8, 4) is 6.07 Å². The van der Waals surface area contributed by atoms with Gasteiger partial charge in [-0.1, -0.05) is 11.3 Å². The second-order valence-electron chi connectivity index (χ2n) is 4.78. The zero-order valence-corrected chi connectivity index (χ0v) is 11.3. The van der Waals surface area contributed by atoms with Gasteiger partial charge in [0.1, 0.15) is 0 Å². The van der Waals surface area contributed by atoms with Crippen molar-refractivity contribution in [2.24, 2.45) is 5.92 Å². The molecule has 0 N–H and O–H groups in total. The minimum absolute atomic E-state index is 0.0581. The van der Waals surface area contributed by atoms with E-state index in [1.807, 2.05) is 6.92 Å². The molecule has 0 spiro atoms. The molecule has 1 aliphatic carbocycles. The average molecular weight is 275 g/mol. The Hall–Kier alpha value is -1.94. The molecular weight excluding hydrogens is 262 g/mol. The molecule has 0 aliphatic heterocycles. The van der Waals surface area contributed by atoms with Crippen molar-refractivity contribution >= 4 is 21.4 Å². The highest BCUT2D eigenvalue weighted by molar-refractivity contribution is 7.20. The third-order valence-corrected chi connectivity index (χ3v) is 4.04. The summed E-state index contributed by atoms with van der Waals surface area (Å²) in [5.41, 5.74) is -0.170. The lowest BCUT2D eigenvalue weighted by Gasteiger charge is -2.21. The maximum absolute atomic E-state index is 11.7. The van der Waals surface area contributed by atoms with Crippen molar-refractivity contribution in [3.05, 3.63) is 22.6 Å². The SMILES string of the molecule is CC(C#N)CN(c1nn2c(=O)ccnc2s1)C1CC1. The first-order chi connectivity index (χ1) is 9.19. The maximum Gasteiger partial charge on any atom is 0.275 e. The van der Waals surface area contributed by atoms with Crippen LogP contribution in [0.1, 0.15) is 19.8 Å². The van der Waals surface area contributed by atoms with Gasteiger partial charge in [0.15, 0.2) is 0 Å². The van der Waals surface area contributed by atoms with Crippen LogP contribution in [-0.4, -0.2) is 27.2 Å². The standard InChI is InChI=1S/C12H13N5OS/c1-8(6-13)7-16(9-2-3-9)12-15-17-10(18)4-5-14-11(17)19-12/h4-5,8-9H,2-3,7H2,1H3. The Labute approximate surface area is 113 Å². The van der Waals surface area contributed by atoms with Crippen LogP contribution >= 0.6 is 11.3 Å². The van der Waals surface area contributed by atoms with Crippen LogP contribution in [0, 0.1) is 17.2 Å². The van der Waals surface area contributed by atoms with E-state index >= 15 is 0 Å². The van der Waals surface area contributed by atoms with Gasteiger partial charge in [-0.05, 0) is 19.8 Å².